The van der Waals surface area contributed by atoms with E-state index in [2.05, 4.69) is 5.32 Å². The fourth-order valence-electron chi connectivity index (χ4n) is 0.784. The van der Waals surface area contributed by atoms with Crippen LogP contribution in [-0.4, -0.2) is 45.9 Å². The summed E-state index contributed by atoms with van der Waals surface area (Å²) in [6.45, 7) is 2.90. The molecule has 0 heterocycles. The SMILES string of the molecule is COCCCNCCOCC(N)=O. The first kappa shape index (κ1) is 12.3. The third kappa shape index (κ3) is 11.3. The Hall–Kier alpha value is -0.650. The normalized spacial score (nSPS) is 10.2. The van der Waals surface area contributed by atoms with Crippen LogP contribution < -0.4 is 11.1 Å². The maximum atomic E-state index is 10.2. The lowest BCUT2D eigenvalue weighted by molar-refractivity contribution is -0.122. The molecule has 0 aliphatic carbocycles. The summed E-state index contributed by atoms with van der Waals surface area (Å²) in [4.78, 5) is 10.2. The van der Waals surface area contributed by atoms with E-state index in [4.69, 9.17) is 15.2 Å². The van der Waals surface area contributed by atoms with E-state index in [0.717, 1.165) is 26.1 Å². The lowest BCUT2D eigenvalue weighted by Gasteiger charge is -2.04. The van der Waals surface area contributed by atoms with Gasteiger partial charge in [-0.2, -0.15) is 0 Å². The first-order chi connectivity index (χ1) is 6.27. The van der Waals surface area contributed by atoms with Gasteiger partial charge in [-0.1, -0.05) is 0 Å². The number of carbonyl (C=O) groups is 1. The van der Waals surface area contributed by atoms with Gasteiger partial charge in [0.05, 0.1) is 6.61 Å². The molecule has 0 aromatic heterocycles. The molecule has 0 saturated heterocycles. The third-order valence-electron chi connectivity index (χ3n) is 1.37. The fraction of sp³-hybridized carbons (Fsp3) is 0.875. The van der Waals surface area contributed by atoms with Gasteiger partial charge in [-0.3, -0.25) is 4.79 Å². The highest BCUT2D eigenvalue weighted by atomic mass is 16.5. The Labute approximate surface area is 78.6 Å². The van der Waals surface area contributed by atoms with E-state index in [1.165, 1.54) is 0 Å². The highest BCUT2D eigenvalue weighted by molar-refractivity contribution is 5.74. The van der Waals surface area contributed by atoms with Crippen molar-refractivity contribution in [3.63, 3.8) is 0 Å². The molecule has 0 fully saturated rings. The van der Waals surface area contributed by atoms with Crippen molar-refractivity contribution in [1.29, 1.82) is 0 Å². The van der Waals surface area contributed by atoms with Gasteiger partial charge in [0.1, 0.15) is 6.61 Å². The van der Waals surface area contributed by atoms with Crippen molar-refractivity contribution in [2.45, 2.75) is 6.42 Å². The third-order valence-corrected chi connectivity index (χ3v) is 1.37. The Morgan fingerprint density at radius 3 is 2.77 bits per heavy atom. The molecule has 78 valence electrons. The summed E-state index contributed by atoms with van der Waals surface area (Å²) in [6, 6.07) is 0. The molecule has 3 N–H and O–H groups in total. The standard InChI is InChI=1S/C8H18N2O3/c1-12-5-2-3-10-4-6-13-7-8(9)11/h10H,2-7H2,1H3,(H2,9,11). The number of rotatable bonds is 9. The summed E-state index contributed by atoms with van der Waals surface area (Å²) < 4.78 is 9.80. The van der Waals surface area contributed by atoms with Crippen molar-refractivity contribution < 1.29 is 14.3 Å². The molecule has 0 aliphatic heterocycles. The van der Waals surface area contributed by atoms with E-state index >= 15 is 0 Å². The minimum absolute atomic E-state index is 0.000247. The number of carbonyl (C=O) groups excluding carboxylic acids is 1. The number of ether oxygens (including phenoxy) is 2. The van der Waals surface area contributed by atoms with Crippen LogP contribution in [0.2, 0.25) is 0 Å². The Morgan fingerprint density at radius 1 is 1.38 bits per heavy atom. The quantitative estimate of drug-likeness (QED) is 0.463. The fourth-order valence-corrected chi connectivity index (χ4v) is 0.784. The van der Waals surface area contributed by atoms with E-state index in [9.17, 15) is 4.79 Å². The van der Waals surface area contributed by atoms with Crippen molar-refractivity contribution in [3.8, 4) is 0 Å². The van der Waals surface area contributed by atoms with E-state index in [1.807, 2.05) is 0 Å². The van der Waals surface area contributed by atoms with Gasteiger partial charge < -0.3 is 20.5 Å². The highest BCUT2D eigenvalue weighted by Crippen LogP contribution is 1.77. The van der Waals surface area contributed by atoms with Crippen LogP contribution in [0.4, 0.5) is 0 Å². The zero-order valence-corrected chi connectivity index (χ0v) is 8.04. The van der Waals surface area contributed by atoms with Crippen molar-refractivity contribution in [3.05, 3.63) is 0 Å². The van der Waals surface area contributed by atoms with E-state index in [0.29, 0.717) is 6.61 Å². The molecular weight excluding hydrogens is 172 g/mol. The number of primary amides is 1. The van der Waals surface area contributed by atoms with Crippen LogP contribution in [0.3, 0.4) is 0 Å². The van der Waals surface area contributed by atoms with Gasteiger partial charge in [-0.25, -0.2) is 0 Å². The topological polar surface area (TPSA) is 73.6 Å². The first-order valence-corrected chi connectivity index (χ1v) is 4.33. The van der Waals surface area contributed by atoms with Crippen LogP contribution in [0.1, 0.15) is 6.42 Å². The number of methoxy groups -OCH3 is 1. The molecule has 1 amide bonds. The molecule has 0 aromatic carbocycles. The van der Waals surface area contributed by atoms with E-state index < -0.39 is 5.91 Å². The second kappa shape index (κ2) is 9.44. The van der Waals surface area contributed by atoms with Crippen LogP contribution in [0.25, 0.3) is 0 Å². The Morgan fingerprint density at radius 2 is 2.15 bits per heavy atom. The summed E-state index contributed by atoms with van der Waals surface area (Å²) in [5.74, 6) is -0.431. The lowest BCUT2D eigenvalue weighted by Crippen LogP contribution is -2.25. The molecule has 13 heavy (non-hydrogen) atoms. The largest absolute Gasteiger partial charge is 0.385 e. The highest BCUT2D eigenvalue weighted by Gasteiger charge is 1.92. The van der Waals surface area contributed by atoms with Gasteiger partial charge in [0.25, 0.3) is 0 Å². The zero-order valence-electron chi connectivity index (χ0n) is 8.04. The molecule has 5 heteroatoms. The van der Waals surface area contributed by atoms with Gasteiger partial charge in [0, 0.05) is 20.3 Å². The average molecular weight is 190 g/mol. The maximum absolute atomic E-state index is 10.2. The molecule has 0 rings (SSSR count). The lowest BCUT2D eigenvalue weighted by atomic mass is 10.4. The number of hydrogen-bond acceptors (Lipinski definition) is 4. The van der Waals surface area contributed by atoms with E-state index in [1.54, 1.807) is 7.11 Å². The Kier molecular flexibility index (Phi) is 8.97. The molecule has 0 bridgehead atoms. The monoisotopic (exact) mass is 190 g/mol. The molecule has 0 saturated carbocycles. The summed E-state index contributed by atoms with van der Waals surface area (Å²) in [5, 5.41) is 3.14. The van der Waals surface area contributed by atoms with Gasteiger partial charge in [0.15, 0.2) is 0 Å². The minimum Gasteiger partial charge on any atom is -0.385 e. The predicted octanol–water partition coefficient (Wildman–Crippen LogP) is -0.886. The van der Waals surface area contributed by atoms with Gasteiger partial charge in [0.2, 0.25) is 5.91 Å². The number of hydrogen-bond donors (Lipinski definition) is 2. The summed E-state index contributed by atoms with van der Waals surface area (Å²) >= 11 is 0. The minimum atomic E-state index is -0.431. The van der Waals surface area contributed by atoms with Crippen LogP contribution in [-0.2, 0) is 14.3 Å². The van der Waals surface area contributed by atoms with Crippen LogP contribution >= 0.6 is 0 Å². The number of nitrogens with one attached hydrogen (secondary N) is 1. The zero-order chi connectivity index (χ0) is 9.94. The Balaban J connectivity index is 2.87. The predicted molar refractivity (Wildman–Crippen MR) is 49.4 cm³/mol. The first-order valence-electron chi connectivity index (χ1n) is 4.33. The van der Waals surface area contributed by atoms with Crippen LogP contribution in [0.5, 0.6) is 0 Å². The molecule has 0 spiro atoms. The second-order valence-corrected chi connectivity index (χ2v) is 2.62. The van der Waals surface area contributed by atoms with Crippen molar-refractivity contribution in [2.24, 2.45) is 5.73 Å². The smallest absolute Gasteiger partial charge is 0.243 e. The van der Waals surface area contributed by atoms with Gasteiger partial charge in [-0.05, 0) is 13.0 Å². The van der Waals surface area contributed by atoms with Crippen LogP contribution in [0, 0.1) is 0 Å². The molecular formula is C8H18N2O3. The second-order valence-electron chi connectivity index (χ2n) is 2.62. The summed E-state index contributed by atoms with van der Waals surface area (Å²) in [7, 11) is 1.68. The number of amides is 1. The summed E-state index contributed by atoms with van der Waals surface area (Å²) in [5.41, 5.74) is 4.87. The number of nitrogens with two attached hydrogens (primary N) is 1. The van der Waals surface area contributed by atoms with Gasteiger partial charge in [-0.15, -0.1) is 0 Å². The maximum Gasteiger partial charge on any atom is 0.243 e. The molecule has 0 aromatic rings. The molecule has 0 aliphatic rings. The molecule has 0 unspecified atom stereocenters. The molecule has 5 nitrogen and oxygen atoms in total. The molecule has 0 radical (unpaired) electrons. The van der Waals surface area contributed by atoms with Crippen molar-refractivity contribution in [1.82, 2.24) is 5.32 Å². The Bertz CT molecular complexity index is 131. The average Bonchev–Trinajstić information content (AvgIpc) is 2.09. The van der Waals surface area contributed by atoms with Gasteiger partial charge >= 0.3 is 0 Å². The van der Waals surface area contributed by atoms with E-state index in [-0.39, 0.29) is 6.61 Å². The summed E-state index contributed by atoms with van der Waals surface area (Å²) in [6.07, 6.45) is 0.978. The van der Waals surface area contributed by atoms with Crippen molar-refractivity contribution >= 4 is 5.91 Å². The van der Waals surface area contributed by atoms with Crippen LogP contribution in [0.15, 0.2) is 0 Å². The molecule has 0 atom stereocenters. The van der Waals surface area contributed by atoms with Crippen molar-refractivity contribution in [2.75, 3.05) is 40.0 Å².